The van der Waals surface area contributed by atoms with Crippen molar-refractivity contribution in [3.05, 3.63) is 79.7 Å². The number of aromatic nitrogens is 2. The van der Waals surface area contributed by atoms with Crippen LogP contribution in [0.15, 0.2) is 65.9 Å². The lowest BCUT2D eigenvalue weighted by molar-refractivity contribution is -0.162. The zero-order valence-electron chi connectivity index (χ0n) is 25.6. The number of carbonyl (C=O) groups is 3. The van der Waals surface area contributed by atoms with Gasteiger partial charge in [-0.25, -0.2) is 28.6 Å². The van der Waals surface area contributed by atoms with Gasteiger partial charge in [0.2, 0.25) is 23.2 Å². The van der Waals surface area contributed by atoms with Crippen LogP contribution < -0.4 is 36.3 Å². The maximum atomic E-state index is 15.1. The maximum absolute atomic E-state index is 15.1. The van der Waals surface area contributed by atoms with Crippen molar-refractivity contribution in [2.45, 2.75) is 25.2 Å². The number of likely N-dealkylation sites (N-methyl/N-ethyl adjacent to an activating group) is 1. The SMILES string of the molecule is CNC(=O)CN1CCC2CC1OC(=O)/C=C/C(=O)Oc1c(OC)c(c3oc(=O)ccc(=O)oc4nc(=Nc5cccc(Cl)c5F)c3c1[nH]4)O2. The predicted molar refractivity (Wildman–Crippen MR) is 167 cm³/mol. The van der Waals surface area contributed by atoms with E-state index in [1.807, 2.05) is 0 Å². The number of amides is 1. The van der Waals surface area contributed by atoms with Crippen LogP contribution in [-0.2, 0) is 19.1 Å². The number of hydrogen-bond acceptors (Lipinski definition) is 14. The standard InChI is InChI=1S/C31H25ClFN5O11/c1-34-17(39)13-38-11-10-14-12-18(38)46-19(40)6-7-21(42)48-27-25-23-26(29(45-14)28(27)44-2)47-20(41)8-9-22(43)49-31(36-25)37-30(23)35-16-5-3-4-15(32)24(16)33/h3-9,14,18H,10-13H2,1-2H3,(H,34,39)(H,35,36,37)/b7-6+,9-8?. The molecule has 1 amide bonds. The molecule has 0 spiro atoms. The molecule has 49 heavy (non-hydrogen) atoms. The number of aromatic amines is 1. The van der Waals surface area contributed by atoms with Crippen molar-refractivity contribution < 1.29 is 46.6 Å². The third-order valence-corrected chi connectivity index (χ3v) is 7.73. The van der Waals surface area contributed by atoms with E-state index in [0.717, 1.165) is 24.3 Å². The van der Waals surface area contributed by atoms with Gasteiger partial charge in [-0.2, -0.15) is 4.98 Å². The lowest BCUT2D eigenvalue weighted by Crippen LogP contribution is -2.51. The number of fused-ring (bicyclic) bond motifs is 10. The number of carbonyl (C=O) groups excluding carboxylic acids is 3. The van der Waals surface area contributed by atoms with Crippen LogP contribution in [0.5, 0.6) is 17.2 Å². The van der Waals surface area contributed by atoms with Crippen molar-refractivity contribution in [1.82, 2.24) is 20.2 Å². The molecule has 16 nitrogen and oxygen atoms in total. The maximum Gasteiger partial charge on any atom is 0.338 e. The lowest BCUT2D eigenvalue weighted by Gasteiger charge is -2.38. The number of ether oxygens (including phenoxy) is 4. The van der Waals surface area contributed by atoms with E-state index in [1.54, 1.807) is 4.90 Å². The molecule has 2 aromatic carbocycles. The fourth-order valence-electron chi connectivity index (χ4n) is 5.22. The van der Waals surface area contributed by atoms with Gasteiger partial charge in [-0.15, -0.1) is 0 Å². The zero-order valence-corrected chi connectivity index (χ0v) is 26.4. The topological polar surface area (TPSA) is 205 Å². The molecule has 2 N–H and O–H groups in total. The summed E-state index contributed by atoms with van der Waals surface area (Å²) < 4.78 is 49.4. The monoisotopic (exact) mass is 697 g/mol. The minimum Gasteiger partial charge on any atom is -0.490 e. The quantitative estimate of drug-likeness (QED) is 0.232. The Morgan fingerprint density at radius 1 is 1.10 bits per heavy atom. The van der Waals surface area contributed by atoms with Crippen molar-refractivity contribution in [3.8, 4) is 17.2 Å². The molecule has 2 unspecified atom stereocenters. The van der Waals surface area contributed by atoms with Crippen molar-refractivity contribution in [2.24, 2.45) is 4.99 Å². The number of nitrogens with zero attached hydrogens (tertiary/aromatic N) is 3. The molecule has 2 atom stereocenters. The summed E-state index contributed by atoms with van der Waals surface area (Å²) in [6, 6.07) is 5.58. The van der Waals surface area contributed by atoms with Crippen LogP contribution in [0.25, 0.3) is 22.3 Å². The predicted octanol–water partition coefficient (Wildman–Crippen LogP) is 2.15. The first-order valence-corrected chi connectivity index (χ1v) is 14.9. The van der Waals surface area contributed by atoms with Crippen molar-refractivity contribution in [2.75, 3.05) is 27.2 Å². The lowest BCUT2D eigenvalue weighted by atomic mass is 10.1. The molecule has 2 aliphatic rings. The van der Waals surface area contributed by atoms with E-state index in [4.69, 9.17) is 39.4 Å². The number of benzene rings is 2. The van der Waals surface area contributed by atoms with E-state index in [9.17, 15) is 24.0 Å². The molecule has 3 aromatic heterocycles. The summed E-state index contributed by atoms with van der Waals surface area (Å²) in [4.78, 5) is 76.6. The highest BCUT2D eigenvalue weighted by Gasteiger charge is 2.36. The van der Waals surface area contributed by atoms with Gasteiger partial charge in [-0.1, -0.05) is 17.7 Å². The van der Waals surface area contributed by atoms with E-state index in [0.29, 0.717) is 0 Å². The number of piperidine rings is 1. The summed E-state index contributed by atoms with van der Waals surface area (Å²) in [5.41, 5.74) is -3.42. The largest absolute Gasteiger partial charge is 0.490 e. The van der Waals surface area contributed by atoms with E-state index in [2.05, 4.69) is 20.3 Å². The molecule has 254 valence electrons. The molecule has 0 saturated carbocycles. The Morgan fingerprint density at radius 2 is 1.86 bits per heavy atom. The fraction of sp³-hybridized carbons (Fsp3) is 0.258. The number of esters is 2. The summed E-state index contributed by atoms with van der Waals surface area (Å²) in [7, 11) is 2.68. The molecule has 7 rings (SSSR count). The van der Waals surface area contributed by atoms with Crippen LogP contribution in [0.2, 0.25) is 5.02 Å². The first kappa shape index (κ1) is 33.1. The number of methoxy groups -OCH3 is 1. The Bertz CT molecular complexity index is 2270. The van der Waals surface area contributed by atoms with Crippen LogP contribution in [0.4, 0.5) is 10.1 Å². The fourth-order valence-corrected chi connectivity index (χ4v) is 5.39. The minimum absolute atomic E-state index is 0.00576. The molecule has 0 aliphatic carbocycles. The van der Waals surface area contributed by atoms with Crippen LogP contribution in [-0.4, -0.2) is 72.3 Å². The van der Waals surface area contributed by atoms with Crippen molar-refractivity contribution in [3.63, 3.8) is 0 Å². The van der Waals surface area contributed by atoms with Gasteiger partial charge in [0.1, 0.15) is 17.3 Å². The molecule has 1 fully saturated rings. The van der Waals surface area contributed by atoms with Crippen LogP contribution >= 0.6 is 11.6 Å². The summed E-state index contributed by atoms with van der Waals surface area (Å²) in [5, 5.41) is 2.06. The first-order chi connectivity index (χ1) is 23.5. The van der Waals surface area contributed by atoms with Gasteiger partial charge in [-0.05, 0) is 18.6 Å². The molecule has 0 radical (unpaired) electrons. The summed E-state index contributed by atoms with van der Waals surface area (Å²) in [6.45, 7) is 0.101. The van der Waals surface area contributed by atoms with E-state index in [1.165, 1.54) is 32.4 Å². The smallest absolute Gasteiger partial charge is 0.338 e. The summed E-state index contributed by atoms with van der Waals surface area (Å²) in [6.07, 6.45) is 0.123. The Hall–Kier alpha value is -5.81. The number of likely N-dealkylation sites (tertiary alicyclic amines) is 1. The number of nitrogens with one attached hydrogen (secondary N) is 2. The van der Waals surface area contributed by atoms with E-state index in [-0.39, 0.29) is 76.0 Å². The van der Waals surface area contributed by atoms with Gasteiger partial charge in [0, 0.05) is 44.3 Å². The minimum atomic E-state index is -1.11. The second-order valence-corrected chi connectivity index (χ2v) is 11.0. The summed E-state index contributed by atoms with van der Waals surface area (Å²) >= 11 is 6.00. The third kappa shape index (κ3) is 6.93. The molecular weight excluding hydrogens is 673 g/mol. The highest BCUT2D eigenvalue weighted by atomic mass is 35.5. The summed E-state index contributed by atoms with van der Waals surface area (Å²) in [5.74, 6) is -4.73. The van der Waals surface area contributed by atoms with E-state index >= 15 is 4.39 Å². The Labute approximate surface area is 278 Å². The average Bonchev–Trinajstić information content (AvgIpc) is 3.10. The first-order valence-electron chi connectivity index (χ1n) is 14.5. The number of hydrogen-bond donors (Lipinski definition) is 2. The van der Waals surface area contributed by atoms with Crippen LogP contribution in [0.3, 0.4) is 0 Å². The molecule has 18 heteroatoms. The Kier molecular flexibility index (Phi) is 9.28. The second-order valence-electron chi connectivity index (χ2n) is 10.6. The van der Waals surface area contributed by atoms with Crippen molar-refractivity contribution >= 4 is 57.5 Å². The van der Waals surface area contributed by atoms with E-state index < -0.39 is 52.9 Å². The normalized spacial score (nSPS) is 19.1. The molecule has 5 heterocycles. The molecule has 5 aromatic rings. The Balaban J connectivity index is 1.72. The second kappa shape index (κ2) is 13.7. The highest BCUT2D eigenvalue weighted by Crippen LogP contribution is 2.47. The average molecular weight is 698 g/mol. The third-order valence-electron chi connectivity index (χ3n) is 7.43. The zero-order chi connectivity index (χ0) is 34.8. The number of H-pyrrole nitrogens is 1. The molecule has 2 aliphatic heterocycles. The van der Waals surface area contributed by atoms with Crippen LogP contribution in [0.1, 0.15) is 12.8 Å². The van der Waals surface area contributed by atoms with Crippen LogP contribution in [0, 0.1) is 5.82 Å². The molecule has 1 saturated heterocycles. The number of rotatable bonds is 4. The molecular formula is C31H25ClFN5O11. The number of halogens is 2. The van der Waals surface area contributed by atoms with Crippen molar-refractivity contribution in [1.29, 1.82) is 0 Å². The van der Waals surface area contributed by atoms with Gasteiger partial charge in [-0.3, -0.25) is 9.69 Å². The van der Waals surface area contributed by atoms with Gasteiger partial charge in [0.05, 0.1) is 24.1 Å². The van der Waals surface area contributed by atoms with Gasteiger partial charge in [0.25, 0.3) is 0 Å². The van der Waals surface area contributed by atoms with Gasteiger partial charge in [0.15, 0.2) is 23.1 Å². The highest BCUT2D eigenvalue weighted by molar-refractivity contribution is 6.31. The Morgan fingerprint density at radius 3 is 2.61 bits per heavy atom. The van der Waals surface area contributed by atoms with Gasteiger partial charge < -0.3 is 38.1 Å². The van der Waals surface area contributed by atoms with Gasteiger partial charge >= 0.3 is 29.0 Å². The molecule has 8 bridgehead atoms.